The van der Waals surface area contributed by atoms with E-state index in [2.05, 4.69) is 5.32 Å². The fourth-order valence-corrected chi connectivity index (χ4v) is 3.37. The Hall–Kier alpha value is -1.89. The third-order valence-electron chi connectivity index (χ3n) is 2.96. The molecule has 1 aromatic carbocycles. The van der Waals surface area contributed by atoms with Crippen molar-refractivity contribution in [2.75, 3.05) is 12.3 Å². The number of carboxylic acids is 1. The molecule has 0 spiro atoms. The predicted molar refractivity (Wildman–Crippen MR) is 78.7 cm³/mol. The predicted octanol–water partition coefficient (Wildman–Crippen LogP) is 0.623. The zero-order valence-electron chi connectivity index (χ0n) is 11.8. The molecule has 7 heteroatoms. The lowest BCUT2D eigenvalue weighted by atomic mass is 10.1. The highest BCUT2D eigenvalue weighted by atomic mass is 32.2. The number of hydrogen-bond donors (Lipinski definition) is 2. The van der Waals surface area contributed by atoms with Crippen LogP contribution in [0.3, 0.4) is 0 Å². The Balaban J connectivity index is 2.79. The van der Waals surface area contributed by atoms with Crippen LogP contribution >= 0.6 is 0 Å². The maximum atomic E-state index is 12.1. The molecule has 0 aromatic heterocycles. The average molecular weight is 313 g/mol. The first-order valence-corrected chi connectivity index (χ1v) is 8.33. The van der Waals surface area contributed by atoms with Gasteiger partial charge in [-0.1, -0.05) is 30.3 Å². The highest BCUT2D eigenvalue weighted by Crippen LogP contribution is 2.12. The Morgan fingerprint density at radius 2 is 1.86 bits per heavy atom. The van der Waals surface area contributed by atoms with Gasteiger partial charge in [0, 0.05) is 13.0 Å². The van der Waals surface area contributed by atoms with E-state index in [0.717, 1.165) is 0 Å². The minimum absolute atomic E-state index is 0.103. The summed E-state index contributed by atoms with van der Waals surface area (Å²) in [6, 6.07) is 8.55. The monoisotopic (exact) mass is 313 g/mol. The van der Waals surface area contributed by atoms with Gasteiger partial charge in [0.2, 0.25) is 5.91 Å². The van der Waals surface area contributed by atoms with Crippen molar-refractivity contribution in [2.45, 2.75) is 25.0 Å². The molecule has 2 N–H and O–H groups in total. The quantitative estimate of drug-likeness (QED) is 0.733. The van der Waals surface area contributed by atoms with Crippen LogP contribution in [0.5, 0.6) is 0 Å². The van der Waals surface area contributed by atoms with Crippen LogP contribution in [0, 0.1) is 0 Å². The van der Waals surface area contributed by atoms with Gasteiger partial charge in [-0.2, -0.15) is 0 Å². The van der Waals surface area contributed by atoms with Crippen LogP contribution < -0.4 is 5.32 Å². The van der Waals surface area contributed by atoms with Gasteiger partial charge in [-0.15, -0.1) is 0 Å². The molecule has 1 amide bonds. The Kier molecular flexibility index (Phi) is 6.36. The number of rotatable bonds is 8. The van der Waals surface area contributed by atoms with Crippen molar-refractivity contribution in [1.29, 1.82) is 0 Å². The number of carbonyl (C=O) groups excluding carboxylic acids is 1. The third-order valence-corrected chi connectivity index (χ3v) is 4.97. The molecule has 1 rings (SSSR count). The van der Waals surface area contributed by atoms with Crippen molar-refractivity contribution in [3.05, 3.63) is 35.9 Å². The molecule has 0 aliphatic rings. The zero-order chi connectivity index (χ0) is 15.9. The number of amides is 1. The zero-order valence-corrected chi connectivity index (χ0v) is 12.6. The molecule has 0 bridgehead atoms. The largest absolute Gasteiger partial charge is 0.480 e. The fourth-order valence-electron chi connectivity index (χ4n) is 1.86. The van der Waals surface area contributed by atoms with Crippen LogP contribution in [0.15, 0.2) is 30.3 Å². The normalized spacial score (nSPS) is 12.6. The smallest absolute Gasteiger partial charge is 0.322 e. The first kappa shape index (κ1) is 17.2. The second-order valence-electron chi connectivity index (χ2n) is 4.59. The van der Waals surface area contributed by atoms with Crippen molar-refractivity contribution < 1.29 is 23.1 Å². The molecule has 0 aliphatic carbocycles. The topological polar surface area (TPSA) is 101 Å². The maximum absolute atomic E-state index is 12.1. The summed E-state index contributed by atoms with van der Waals surface area (Å²) in [6.07, 6.45) is -0.331. The van der Waals surface area contributed by atoms with Gasteiger partial charge in [0.15, 0.2) is 15.1 Å². The minimum Gasteiger partial charge on any atom is -0.480 e. The van der Waals surface area contributed by atoms with Crippen molar-refractivity contribution in [3.8, 4) is 0 Å². The van der Waals surface area contributed by atoms with E-state index in [0.29, 0.717) is 12.1 Å². The van der Waals surface area contributed by atoms with Gasteiger partial charge in [-0.25, -0.2) is 8.42 Å². The number of sulfone groups is 1. The van der Waals surface area contributed by atoms with E-state index < -0.39 is 32.7 Å². The van der Waals surface area contributed by atoms with Gasteiger partial charge in [0.1, 0.15) is 0 Å². The van der Waals surface area contributed by atoms with E-state index in [1.54, 1.807) is 37.3 Å². The summed E-state index contributed by atoms with van der Waals surface area (Å²) >= 11 is 0. The van der Waals surface area contributed by atoms with E-state index >= 15 is 0 Å². The number of carboxylic acid groups (broad SMARTS) is 1. The molecule has 1 aromatic rings. The molecule has 21 heavy (non-hydrogen) atoms. The first-order chi connectivity index (χ1) is 9.86. The van der Waals surface area contributed by atoms with Crippen molar-refractivity contribution in [2.24, 2.45) is 0 Å². The van der Waals surface area contributed by atoms with Crippen LogP contribution in [0.25, 0.3) is 0 Å². The van der Waals surface area contributed by atoms with Crippen LogP contribution in [0.4, 0.5) is 0 Å². The standard InChI is InChI=1S/C14H19NO5S/c1-2-15-13(16)8-9-21(19,20)12(14(17)18)10-11-6-4-3-5-7-11/h3-7,12H,2,8-10H2,1H3,(H,15,16)(H,17,18). The lowest BCUT2D eigenvalue weighted by Gasteiger charge is -2.13. The first-order valence-electron chi connectivity index (χ1n) is 6.61. The van der Waals surface area contributed by atoms with E-state index in [9.17, 15) is 18.0 Å². The van der Waals surface area contributed by atoms with Crippen LogP contribution in [0.1, 0.15) is 18.9 Å². The van der Waals surface area contributed by atoms with Gasteiger partial charge in [0.25, 0.3) is 0 Å². The summed E-state index contributed by atoms with van der Waals surface area (Å²) < 4.78 is 24.2. The van der Waals surface area contributed by atoms with Crippen LogP contribution in [0.2, 0.25) is 0 Å². The number of aliphatic carboxylic acids is 1. The highest BCUT2D eigenvalue weighted by molar-refractivity contribution is 7.92. The Morgan fingerprint density at radius 1 is 1.24 bits per heavy atom. The summed E-state index contributed by atoms with van der Waals surface area (Å²) in [6.45, 7) is 2.13. The molecule has 0 saturated heterocycles. The summed E-state index contributed by atoms with van der Waals surface area (Å²) in [5.41, 5.74) is 0.631. The Labute approximate surface area is 124 Å². The van der Waals surface area contributed by atoms with Gasteiger partial charge in [-0.05, 0) is 18.9 Å². The van der Waals surface area contributed by atoms with Crippen molar-refractivity contribution >= 4 is 21.7 Å². The summed E-state index contributed by atoms with van der Waals surface area (Å²) in [4.78, 5) is 22.6. The second-order valence-corrected chi connectivity index (χ2v) is 6.89. The summed E-state index contributed by atoms with van der Waals surface area (Å²) in [5.74, 6) is -2.26. The number of hydrogen-bond acceptors (Lipinski definition) is 4. The lowest BCUT2D eigenvalue weighted by Crippen LogP contribution is -2.36. The van der Waals surface area contributed by atoms with Crippen LogP contribution in [-0.2, 0) is 25.8 Å². The summed E-state index contributed by atoms with van der Waals surface area (Å²) in [7, 11) is -3.89. The molecule has 6 nitrogen and oxygen atoms in total. The highest BCUT2D eigenvalue weighted by Gasteiger charge is 2.32. The van der Waals surface area contributed by atoms with Gasteiger partial charge >= 0.3 is 5.97 Å². The van der Waals surface area contributed by atoms with E-state index in [4.69, 9.17) is 5.11 Å². The molecule has 116 valence electrons. The van der Waals surface area contributed by atoms with Crippen molar-refractivity contribution in [1.82, 2.24) is 5.32 Å². The Morgan fingerprint density at radius 3 is 2.38 bits per heavy atom. The Bertz CT molecular complexity index is 583. The van der Waals surface area contributed by atoms with Gasteiger partial charge in [0.05, 0.1) is 5.75 Å². The van der Waals surface area contributed by atoms with Gasteiger partial charge < -0.3 is 10.4 Å². The van der Waals surface area contributed by atoms with E-state index in [1.165, 1.54) is 0 Å². The minimum atomic E-state index is -3.89. The van der Waals surface area contributed by atoms with Crippen molar-refractivity contribution in [3.63, 3.8) is 0 Å². The number of carbonyl (C=O) groups is 2. The van der Waals surface area contributed by atoms with Crippen LogP contribution in [-0.4, -0.2) is 42.9 Å². The van der Waals surface area contributed by atoms with E-state index in [-0.39, 0.29) is 12.8 Å². The van der Waals surface area contributed by atoms with Gasteiger partial charge in [-0.3, -0.25) is 9.59 Å². The molecule has 0 saturated carbocycles. The number of nitrogens with one attached hydrogen (secondary N) is 1. The number of benzene rings is 1. The third kappa shape index (κ3) is 5.55. The molecule has 0 heterocycles. The van der Waals surface area contributed by atoms with E-state index in [1.807, 2.05) is 0 Å². The fraction of sp³-hybridized carbons (Fsp3) is 0.429. The second kappa shape index (κ2) is 7.78. The molecular formula is C14H19NO5S. The molecular weight excluding hydrogens is 294 g/mol. The molecule has 0 aliphatic heterocycles. The molecule has 0 radical (unpaired) electrons. The maximum Gasteiger partial charge on any atom is 0.322 e. The summed E-state index contributed by atoms with van der Waals surface area (Å²) in [5, 5.41) is 10.1. The molecule has 0 fully saturated rings. The molecule has 1 unspecified atom stereocenters. The lowest BCUT2D eigenvalue weighted by molar-refractivity contribution is -0.136. The molecule has 1 atom stereocenters. The average Bonchev–Trinajstić information content (AvgIpc) is 2.44. The SMILES string of the molecule is CCNC(=O)CCS(=O)(=O)C(Cc1ccccc1)C(=O)O.